The maximum absolute atomic E-state index is 11.1. The van der Waals surface area contributed by atoms with Gasteiger partial charge in [0.1, 0.15) is 12.2 Å². The molecule has 0 saturated heterocycles. The molecule has 0 bridgehead atoms. The van der Waals surface area contributed by atoms with Crippen molar-refractivity contribution in [2.45, 2.75) is 52.4 Å². The predicted molar refractivity (Wildman–Crippen MR) is 55.0 cm³/mol. The molecular formula is C11H20O3. The first-order valence-corrected chi connectivity index (χ1v) is 5.38. The van der Waals surface area contributed by atoms with Crippen molar-refractivity contribution in [3.63, 3.8) is 0 Å². The number of rotatable bonds is 8. The number of ether oxygens (including phenoxy) is 1. The Balaban J connectivity index is 3.45. The lowest BCUT2D eigenvalue weighted by atomic mass is 10.1. The summed E-state index contributed by atoms with van der Waals surface area (Å²) in [5.74, 6) is -0.382. The minimum atomic E-state index is -0.375. The molecule has 0 aliphatic heterocycles. The maximum atomic E-state index is 11.1. The first-order chi connectivity index (χ1) is 6.70. The van der Waals surface area contributed by atoms with E-state index in [2.05, 4.69) is 0 Å². The van der Waals surface area contributed by atoms with Crippen LogP contribution in [0.25, 0.3) is 0 Å². The fraction of sp³-hybridized carbons (Fsp3) is 0.818. The first kappa shape index (κ1) is 13.1. The minimum Gasteiger partial charge on any atom is -0.465 e. The van der Waals surface area contributed by atoms with E-state index in [0.29, 0.717) is 13.0 Å². The first-order valence-electron chi connectivity index (χ1n) is 5.38. The molecule has 0 atom stereocenters. The van der Waals surface area contributed by atoms with Crippen LogP contribution >= 0.6 is 0 Å². The summed E-state index contributed by atoms with van der Waals surface area (Å²) in [6, 6.07) is 0. The monoisotopic (exact) mass is 200 g/mol. The van der Waals surface area contributed by atoms with Crippen LogP contribution in [0.3, 0.4) is 0 Å². The van der Waals surface area contributed by atoms with Gasteiger partial charge in [0.05, 0.1) is 6.61 Å². The second-order valence-electron chi connectivity index (χ2n) is 3.39. The number of esters is 1. The van der Waals surface area contributed by atoms with E-state index in [9.17, 15) is 9.59 Å². The Morgan fingerprint density at radius 2 is 1.71 bits per heavy atom. The summed E-state index contributed by atoms with van der Waals surface area (Å²) in [5.41, 5.74) is 0. The van der Waals surface area contributed by atoms with Crippen LogP contribution in [0.15, 0.2) is 0 Å². The van der Waals surface area contributed by atoms with Crippen molar-refractivity contribution in [2.75, 3.05) is 6.61 Å². The van der Waals surface area contributed by atoms with Gasteiger partial charge in [0.25, 0.3) is 0 Å². The fourth-order valence-electron chi connectivity index (χ4n) is 1.00. The van der Waals surface area contributed by atoms with Gasteiger partial charge in [-0.3, -0.25) is 9.59 Å². The van der Waals surface area contributed by atoms with Crippen LogP contribution in [0, 0.1) is 0 Å². The molecule has 3 nitrogen and oxygen atoms in total. The third kappa shape index (κ3) is 7.77. The summed E-state index contributed by atoms with van der Waals surface area (Å²) < 4.78 is 4.87. The molecule has 0 radical (unpaired) electrons. The predicted octanol–water partition coefficient (Wildman–Crippen LogP) is 2.48. The molecule has 0 aliphatic carbocycles. The molecule has 0 fully saturated rings. The van der Waals surface area contributed by atoms with Crippen molar-refractivity contribution < 1.29 is 14.3 Å². The van der Waals surface area contributed by atoms with Crippen LogP contribution in [0.5, 0.6) is 0 Å². The lowest BCUT2D eigenvalue weighted by Crippen LogP contribution is -2.11. The van der Waals surface area contributed by atoms with Gasteiger partial charge in [-0.15, -0.1) is 0 Å². The zero-order valence-corrected chi connectivity index (χ0v) is 9.17. The molecule has 0 amide bonds. The number of Topliss-reactive ketones (excluding diaryl/α,β-unsaturated/α-hetero) is 1. The number of carbonyl (C=O) groups is 2. The molecule has 0 aromatic rings. The van der Waals surface area contributed by atoms with Crippen LogP contribution in [-0.2, 0) is 14.3 Å². The van der Waals surface area contributed by atoms with Gasteiger partial charge in [0, 0.05) is 6.42 Å². The van der Waals surface area contributed by atoms with E-state index in [1.54, 1.807) is 0 Å². The number of ketones is 1. The van der Waals surface area contributed by atoms with Crippen LogP contribution in [0.4, 0.5) is 0 Å². The molecule has 0 aromatic carbocycles. The Kier molecular flexibility index (Phi) is 8.19. The van der Waals surface area contributed by atoms with Gasteiger partial charge in [0.15, 0.2) is 0 Å². The van der Waals surface area contributed by atoms with Crippen LogP contribution in [0.1, 0.15) is 52.4 Å². The van der Waals surface area contributed by atoms with E-state index in [0.717, 1.165) is 25.7 Å². The SMILES string of the molecule is CCCCOC(=O)CC(=O)CCCC. The molecule has 0 rings (SSSR count). The maximum Gasteiger partial charge on any atom is 0.313 e. The summed E-state index contributed by atoms with van der Waals surface area (Å²) in [6.45, 7) is 4.49. The van der Waals surface area contributed by atoms with Crippen LogP contribution in [0.2, 0.25) is 0 Å². The normalized spacial score (nSPS) is 9.86. The molecular weight excluding hydrogens is 180 g/mol. The summed E-state index contributed by atoms with van der Waals surface area (Å²) in [6.07, 6.45) is 4.16. The highest BCUT2D eigenvalue weighted by Crippen LogP contribution is 2.00. The van der Waals surface area contributed by atoms with Crippen molar-refractivity contribution in [1.82, 2.24) is 0 Å². The zero-order chi connectivity index (χ0) is 10.8. The van der Waals surface area contributed by atoms with E-state index in [-0.39, 0.29) is 18.2 Å². The lowest BCUT2D eigenvalue weighted by molar-refractivity contribution is -0.146. The van der Waals surface area contributed by atoms with E-state index >= 15 is 0 Å². The van der Waals surface area contributed by atoms with E-state index in [1.807, 2.05) is 13.8 Å². The zero-order valence-electron chi connectivity index (χ0n) is 9.17. The van der Waals surface area contributed by atoms with Crippen molar-refractivity contribution >= 4 is 11.8 Å². The van der Waals surface area contributed by atoms with Gasteiger partial charge in [-0.05, 0) is 12.8 Å². The molecule has 0 heterocycles. The van der Waals surface area contributed by atoms with Crippen LogP contribution in [-0.4, -0.2) is 18.4 Å². The highest BCUT2D eigenvalue weighted by atomic mass is 16.5. The third-order valence-electron chi connectivity index (χ3n) is 1.91. The summed E-state index contributed by atoms with van der Waals surface area (Å²) in [4.78, 5) is 22.2. The molecule has 0 aliphatic rings. The molecule has 0 aromatic heterocycles. The van der Waals surface area contributed by atoms with E-state index in [4.69, 9.17) is 4.74 Å². The second kappa shape index (κ2) is 8.73. The van der Waals surface area contributed by atoms with Crippen molar-refractivity contribution in [2.24, 2.45) is 0 Å². The summed E-state index contributed by atoms with van der Waals surface area (Å²) >= 11 is 0. The van der Waals surface area contributed by atoms with Gasteiger partial charge in [0.2, 0.25) is 0 Å². The smallest absolute Gasteiger partial charge is 0.313 e. The summed E-state index contributed by atoms with van der Waals surface area (Å²) in [7, 11) is 0. The van der Waals surface area contributed by atoms with Crippen molar-refractivity contribution in [3.05, 3.63) is 0 Å². The van der Waals surface area contributed by atoms with E-state index in [1.165, 1.54) is 0 Å². The van der Waals surface area contributed by atoms with Gasteiger partial charge in [-0.2, -0.15) is 0 Å². The molecule has 14 heavy (non-hydrogen) atoms. The summed E-state index contributed by atoms with van der Waals surface area (Å²) in [5, 5.41) is 0. The largest absolute Gasteiger partial charge is 0.465 e. The Morgan fingerprint density at radius 3 is 2.29 bits per heavy atom. The average molecular weight is 200 g/mol. The number of unbranched alkanes of at least 4 members (excludes halogenated alkanes) is 2. The van der Waals surface area contributed by atoms with Gasteiger partial charge in [-0.1, -0.05) is 26.7 Å². The van der Waals surface area contributed by atoms with Gasteiger partial charge >= 0.3 is 5.97 Å². The Morgan fingerprint density at radius 1 is 1.07 bits per heavy atom. The molecule has 0 spiro atoms. The number of hydrogen-bond donors (Lipinski definition) is 0. The lowest BCUT2D eigenvalue weighted by Gasteiger charge is -2.02. The Hall–Kier alpha value is -0.860. The third-order valence-corrected chi connectivity index (χ3v) is 1.91. The van der Waals surface area contributed by atoms with Crippen molar-refractivity contribution in [1.29, 1.82) is 0 Å². The van der Waals surface area contributed by atoms with Crippen LogP contribution < -0.4 is 0 Å². The minimum absolute atomic E-state index is 0.00616. The highest BCUT2D eigenvalue weighted by molar-refractivity contribution is 5.95. The van der Waals surface area contributed by atoms with Gasteiger partial charge < -0.3 is 4.74 Å². The topological polar surface area (TPSA) is 43.4 Å². The highest BCUT2D eigenvalue weighted by Gasteiger charge is 2.09. The second-order valence-corrected chi connectivity index (χ2v) is 3.39. The number of hydrogen-bond acceptors (Lipinski definition) is 3. The molecule has 0 N–H and O–H groups in total. The van der Waals surface area contributed by atoms with Gasteiger partial charge in [-0.25, -0.2) is 0 Å². The molecule has 82 valence electrons. The Bertz CT molecular complexity index is 175. The fourth-order valence-corrected chi connectivity index (χ4v) is 1.00. The molecule has 0 unspecified atom stereocenters. The Labute approximate surface area is 85.8 Å². The van der Waals surface area contributed by atoms with Crippen molar-refractivity contribution in [3.8, 4) is 0 Å². The molecule has 0 saturated carbocycles. The quantitative estimate of drug-likeness (QED) is 0.343. The number of carbonyl (C=O) groups excluding carboxylic acids is 2. The average Bonchev–Trinajstić information content (AvgIpc) is 2.15. The molecule has 3 heteroatoms. The van der Waals surface area contributed by atoms with E-state index < -0.39 is 0 Å². The standard InChI is InChI=1S/C11H20O3/c1-3-5-7-10(12)9-11(13)14-8-6-4-2/h3-9H2,1-2H3.